The van der Waals surface area contributed by atoms with Gasteiger partial charge in [0.05, 0.1) is 5.92 Å². The van der Waals surface area contributed by atoms with Gasteiger partial charge in [-0.15, -0.1) is 0 Å². The Bertz CT molecular complexity index is 386. The Hall–Kier alpha value is -0.970. The fourth-order valence-electron chi connectivity index (χ4n) is 2.25. The second kappa shape index (κ2) is 3.52. The molecule has 0 aromatic carbocycles. The zero-order valence-corrected chi connectivity index (χ0v) is 9.37. The van der Waals surface area contributed by atoms with Gasteiger partial charge in [-0.1, -0.05) is 12.1 Å². The zero-order valence-electron chi connectivity index (χ0n) is 9.37. The number of halogens is 1. The van der Waals surface area contributed by atoms with E-state index in [-0.39, 0.29) is 11.3 Å². The van der Waals surface area contributed by atoms with Crippen molar-refractivity contribution >= 4 is 0 Å². The van der Waals surface area contributed by atoms with E-state index in [0.29, 0.717) is 12.3 Å². The van der Waals surface area contributed by atoms with Crippen molar-refractivity contribution in [3.8, 4) is 0 Å². The maximum Gasteiger partial charge on any atom is 0.232 e. The molecule has 1 aromatic rings. The lowest BCUT2D eigenvalue weighted by Crippen LogP contribution is -2.38. The summed E-state index contributed by atoms with van der Waals surface area (Å²) in [6, 6.07) is 0. The van der Waals surface area contributed by atoms with Crippen molar-refractivity contribution in [3.63, 3.8) is 0 Å². The van der Waals surface area contributed by atoms with Crippen LogP contribution in [0.1, 0.15) is 43.8 Å². The molecule has 88 valence electrons. The minimum absolute atomic E-state index is 0.00625. The molecule has 0 spiro atoms. The summed E-state index contributed by atoms with van der Waals surface area (Å²) < 4.78 is 18.0. The lowest BCUT2D eigenvalue weighted by Gasteiger charge is -2.30. The lowest BCUT2D eigenvalue weighted by atomic mass is 9.80. The van der Waals surface area contributed by atoms with Crippen LogP contribution < -0.4 is 5.32 Å². The first-order valence-electron chi connectivity index (χ1n) is 5.88. The summed E-state index contributed by atoms with van der Waals surface area (Å²) in [7, 11) is 0. The van der Waals surface area contributed by atoms with E-state index < -0.39 is 6.17 Å². The molecule has 1 N–H and O–H groups in total. The van der Waals surface area contributed by atoms with Crippen LogP contribution in [0.2, 0.25) is 0 Å². The molecule has 0 amide bonds. The van der Waals surface area contributed by atoms with Crippen LogP contribution in [0, 0.1) is 0 Å². The van der Waals surface area contributed by atoms with Gasteiger partial charge in [-0.2, -0.15) is 4.98 Å². The molecule has 2 fully saturated rings. The van der Waals surface area contributed by atoms with Gasteiger partial charge in [0.1, 0.15) is 6.17 Å². The van der Waals surface area contributed by atoms with Crippen molar-refractivity contribution in [2.45, 2.75) is 43.7 Å². The average molecular weight is 225 g/mol. The lowest BCUT2D eigenvalue weighted by molar-refractivity contribution is 0.298. The Morgan fingerprint density at radius 3 is 2.75 bits per heavy atom. The van der Waals surface area contributed by atoms with Gasteiger partial charge < -0.3 is 9.84 Å². The number of hydrogen-bond donors (Lipinski definition) is 1. The first kappa shape index (κ1) is 10.2. The number of alkyl halides is 1. The fourth-order valence-corrected chi connectivity index (χ4v) is 2.25. The van der Waals surface area contributed by atoms with Gasteiger partial charge in [0.2, 0.25) is 5.89 Å². The molecule has 2 atom stereocenters. The molecule has 1 saturated heterocycles. The first-order chi connectivity index (χ1) is 7.69. The smallest absolute Gasteiger partial charge is 0.232 e. The molecule has 3 rings (SSSR count). The number of hydrogen-bond acceptors (Lipinski definition) is 4. The van der Waals surface area contributed by atoms with Crippen LogP contribution in [0.15, 0.2) is 4.52 Å². The van der Waals surface area contributed by atoms with E-state index in [2.05, 4.69) is 22.4 Å². The zero-order chi connectivity index (χ0) is 11.2. The van der Waals surface area contributed by atoms with Gasteiger partial charge in [-0.25, -0.2) is 4.39 Å². The Morgan fingerprint density at radius 2 is 2.12 bits per heavy atom. The molecular weight excluding hydrogens is 209 g/mol. The van der Waals surface area contributed by atoms with Crippen LogP contribution >= 0.6 is 0 Å². The van der Waals surface area contributed by atoms with E-state index >= 15 is 0 Å². The van der Waals surface area contributed by atoms with Crippen molar-refractivity contribution in [3.05, 3.63) is 11.7 Å². The highest BCUT2D eigenvalue weighted by Crippen LogP contribution is 2.43. The maximum absolute atomic E-state index is 12.9. The number of aromatic nitrogens is 2. The van der Waals surface area contributed by atoms with Crippen LogP contribution in [0.25, 0.3) is 0 Å². The van der Waals surface area contributed by atoms with Crippen molar-refractivity contribution in [1.29, 1.82) is 0 Å². The summed E-state index contributed by atoms with van der Waals surface area (Å²) in [6.45, 7) is 4.12. The second-order valence-corrected chi connectivity index (χ2v) is 5.13. The van der Waals surface area contributed by atoms with Crippen LogP contribution in [-0.4, -0.2) is 29.4 Å². The average Bonchev–Trinajstić information content (AvgIpc) is 2.82. The van der Waals surface area contributed by atoms with Crippen molar-refractivity contribution in [1.82, 2.24) is 15.5 Å². The molecule has 1 aromatic heterocycles. The molecular formula is C11H16FN3O. The van der Waals surface area contributed by atoms with Crippen molar-refractivity contribution in [2.24, 2.45) is 0 Å². The van der Waals surface area contributed by atoms with E-state index in [1.54, 1.807) is 0 Å². The number of rotatable bonds is 2. The van der Waals surface area contributed by atoms with Gasteiger partial charge >= 0.3 is 0 Å². The van der Waals surface area contributed by atoms with Gasteiger partial charge in [0, 0.05) is 5.41 Å². The summed E-state index contributed by atoms with van der Waals surface area (Å²) >= 11 is 0. The number of nitrogens with one attached hydrogen (secondary N) is 1. The number of nitrogens with zero attached hydrogens (tertiary/aromatic N) is 2. The molecule has 5 heteroatoms. The van der Waals surface area contributed by atoms with Crippen LogP contribution in [0.4, 0.5) is 4.39 Å². The maximum atomic E-state index is 12.9. The molecule has 1 aliphatic heterocycles. The quantitative estimate of drug-likeness (QED) is 0.829. The van der Waals surface area contributed by atoms with E-state index in [1.165, 1.54) is 0 Å². The summed E-state index contributed by atoms with van der Waals surface area (Å²) in [6.07, 6.45) is 1.79. The van der Waals surface area contributed by atoms with Crippen molar-refractivity contribution in [2.75, 3.05) is 13.1 Å². The Balaban J connectivity index is 1.80. The predicted molar refractivity (Wildman–Crippen MR) is 56.0 cm³/mol. The predicted octanol–water partition coefficient (Wildman–Crippen LogP) is 1.54. The largest absolute Gasteiger partial charge is 0.339 e. The molecule has 1 unspecified atom stereocenters. The van der Waals surface area contributed by atoms with Crippen molar-refractivity contribution < 1.29 is 8.91 Å². The molecule has 1 aliphatic carbocycles. The third-order valence-corrected chi connectivity index (χ3v) is 3.72. The van der Waals surface area contributed by atoms with Crippen LogP contribution in [-0.2, 0) is 5.41 Å². The Kier molecular flexibility index (Phi) is 2.24. The summed E-state index contributed by atoms with van der Waals surface area (Å²) in [5.41, 5.74) is -0.00625. The molecule has 4 nitrogen and oxygen atoms in total. The van der Waals surface area contributed by atoms with E-state index in [4.69, 9.17) is 4.52 Å². The number of piperidine rings is 1. The van der Waals surface area contributed by atoms with Gasteiger partial charge in [-0.3, -0.25) is 0 Å². The monoisotopic (exact) mass is 225 g/mol. The minimum atomic E-state index is -0.769. The molecule has 1 saturated carbocycles. The SMILES string of the molecule is CC1(c2noc(C3C[C@@H]3F)n2)CCNCC1. The second-order valence-electron chi connectivity index (χ2n) is 5.13. The molecule has 2 aliphatic rings. The van der Waals surface area contributed by atoms with E-state index in [9.17, 15) is 4.39 Å². The highest BCUT2D eigenvalue weighted by Gasteiger charge is 2.44. The third kappa shape index (κ3) is 1.63. The molecule has 0 bridgehead atoms. The third-order valence-electron chi connectivity index (χ3n) is 3.72. The molecule has 2 heterocycles. The topological polar surface area (TPSA) is 51.0 Å². The highest BCUT2D eigenvalue weighted by atomic mass is 19.1. The Morgan fingerprint density at radius 1 is 1.44 bits per heavy atom. The minimum Gasteiger partial charge on any atom is -0.339 e. The summed E-state index contributed by atoms with van der Waals surface area (Å²) in [5.74, 6) is 1.11. The van der Waals surface area contributed by atoms with Gasteiger partial charge in [0.25, 0.3) is 0 Å². The summed E-state index contributed by atoms with van der Waals surface area (Å²) in [4.78, 5) is 4.37. The standard InChI is InChI=1S/C11H16FN3O/c1-11(2-4-13-5-3-11)10-14-9(16-15-10)7-6-8(7)12/h7-8,13H,2-6H2,1H3/t7?,8-/m0/s1. The first-order valence-corrected chi connectivity index (χ1v) is 5.88. The van der Waals surface area contributed by atoms with Crippen LogP contribution in [0.3, 0.4) is 0 Å². The van der Waals surface area contributed by atoms with Crippen LogP contribution in [0.5, 0.6) is 0 Å². The fraction of sp³-hybridized carbons (Fsp3) is 0.818. The molecule has 0 radical (unpaired) electrons. The van der Waals surface area contributed by atoms with E-state index in [1.807, 2.05) is 0 Å². The normalized spacial score (nSPS) is 32.6. The highest BCUT2D eigenvalue weighted by molar-refractivity contribution is 5.13. The Labute approximate surface area is 93.6 Å². The molecule has 16 heavy (non-hydrogen) atoms. The van der Waals surface area contributed by atoms with Gasteiger partial charge in [0.15, 0.2) is 5.82 Å². The summed E-state index contributed by atoms with van der Waals surface area (Å²) in [5, 5.41) is 7.34. The van der Waals surface area contributed by atoms with E-state index in [0.717, 1.165) is 31.8 Å². The van der Waals surface area contributed by atoms with Gasteiger partial charge in [-0.05, 0) is 32.4 Å².